The van der Waals surface area contributed by atoms with E-state index in [1.807, 2.05) is 47.4 Å². The van der Waals surface area contributed by atoms with Gasteiger partial charge in [0.05, 0.1) is 6.61 Å². The number of carbonyl (C=O) groups is 1. The third-order valence-corrected chi connectivity index (χ3v) is 5.18. The molecule has 1 aliphatic rings. The molecule has 2 aromatic rings. The maximum Gasteiger partial charge on any atom is 0.321 e. The Kier molecular flexibility index (Phi) is 5.18. The zero-order valence-corrected chi connectivity index (χ0v) is 14.1. The molecule has 5 heteroatoms. The zero-order chi connectivity index (χ0) is 16.1. The van der Waals surface area contributed by atoms with Crippen LogP contribution in [0.1, 0.15) is 30.6 Å². The number of thiophene rings is 1. The van der Waals surface area contributed by atoms with Crippen molar-refractivity contribution in [3.63, 3.8) is 0 Å². The smallest absolute Gasteiger partial charge is 0.321 e. The van der Waals surface area contributed by atoms with E-state index >= 15 is 0 Å². The van der Waals surface area contributed by atoms with Gasteiger partial charge in [0.2, 0.25) is 0 Å². The summed E-state index contributed by atoms with van der Waals surface area (Å²) in [6, 6.07) is 11.8. The maximum atomic E-state index is 12.4. The van der Waals surface area contributed by atoms with Gasteiger partial charge in [-0.2, -0.15) is 0 Å². The topological polar surface area (TPSA) is 41.6 Å². The van der Waals surface area contributed by atoms with E-state index in [9.17, 15) is 4.79 Å². The molecule has 1 saturated heterocycles. The maximum absolute atomic E-state index is 12.4. The van der Waals surface area contributed by atoms with Crippen molar-refractivity contribution in [1.29, 1.82) is 0 Å². The summed E-state index contributed by atoms with van der Waals surface area (Å²) < 4.78 is 5.41. The van der Waals surface area contributed by atoms with Gasteiger partial charge < -0.3 is 15.0 Å². The number of likely N-dealkylation sites (tertiary alicyclic amines) is 1. The first-order chi connectivity index (χ1) is 11.3. The molecule has 0 atom stereocenters. The molecular weight excluding hydrogens is 308 g/mol. The van der Waals surface area contributed by atoms with Crippen LogP contribution in [0, 0.1) is 0 Å². The first-order valence-corrected chi connectivity index (χ1v) is 8.96. The SMILES string of the molecule is CCOc1ccc(NC(=O)N2CCC(c3cccs3)CC2)cc1. The summed E-state index contributed by atoms with van der Waals surface area (Å²) in [7, 11) is 0. The second-order valence-electron chi connectivity index (χ2n) is 5.66. The Morgan fingerprint density at radius 3 is 2.61 bits per heavy atom. The summed E-state index contributed by atoms with van der Waals surface area (Å²) in [5, 5.41) is 5.09. The molecule has 1 aromatic carbocycles. The molecule has 1 aromatic heterocycles. The normalized spacial score (nSPS) is 15.4. The number of urea groups is 1. The summed E-state index contributed by atoms with van der Waals surface area (Å²) in [4.78, 5) is 15.7. The Hall–Kier alpha value is -2.01. The van der Waals surface area contributed by atoms with Crippen LogP contribution in [0.4, 0.5) is 10.5 Å². The van der Waals surface area contributed by atoms with E-state index in [1.165, 1.54) is 4.88 Å². The third kappa shape index (κ3) is 4.05. The molecule has 3 rings (SSSR count). The third-order valence-electron chi connectivity index (χ3n) is 4.14. The minimum Gasteiger partial charge on any atom is -0.494 e. The minimum absolute atomic E-state index is 0.0150. The van der Waals surface area contributed by atoms with Crippen molar-refractivity contribution < 1.29 is 9.53 Å². The molecule has 122 valence electrons. The molecule has 0 radical (unpaired) electrons. The summed E-state index contributed by atoms with van der Waals surface area (Å²) in [5.41, 5.74) is 0.804. The van der Waals surface area contributed by atoms with Crippen molar-refractivity contribution in [3.8, 4) is 5.75 Å². The van der Waals surface area contributed by atoms with E-state index in [0.29, 0.717) is 12.5 Å². The summed E-state index contributed by atoms with van der Waals surface area (Å²) in [6.45, 7) is 4.22. The number of nitrogens with zero attached hydrogens (tertiary/aromatic N) is 1. The van der Waals surface area contributed by atoms with Crippen LogP contribution < -0.4 is 10.1 Å². The highest BCUT2D eigenvalue weighted by molar-refractivity contribution is 7.10. The van der Waals surface area contributed by atoms with E-state index in [4.69, 9.17) is 4.74 Å². The lowest BCUT2D eigenvalue weighted by atomic mass is 9.95. The van der Waals surface area contributed by atoms with Crippen molar-refractivity contribution in [3.05, 3.63) is 46.7 Å². The summed E-state index contributed by atoms with van der Waals surface area (Å²) in [5.74, 6) is 1.42. The second-order valence-corrected chi connectivity index (χ2v) is 6.64. The van der Waals surface area contributed by atoms with Crippen molar-refractivity contribution in [2.24, 2.45) is 0 Å². The van der Waals surface area contributed by atoms with Gasteiger partial charge in [0.1, 0.15) is 5.75 Å². The highest BCUT2D eigenvalue weighted by Gasteiger charge is 2.24. The Bertz CT molecular complexity index is 617. The van der Waals surface area contributed by atoms with E-state index < -0.39 is 0 Å². The van der Waals surface area contributed by atoms with E-state index in [1.54, 1.807) is 0 Å². The number of piperidine rings is 1. The van der Waals surface area contributed by atoms with Crippen LogP contribution in [-0.2, 0) is 0 Å². The van der Waals surface area contributed by atoms with Crippen LogP contribution in [0.25, 0.3) is 0 Å². The quantitative estimate of drug-likeness (QED) is 0.893. The molecule has 2 amide bonds. The molecule has 0 aliphatic carbocycles. The summed E-state index contributed by atoms with van der Waals surface area (Å²) in [6.07, 6.45) is 2.08. The van der Waals surface area contributed by atoms with E-state index in [-0.39, 0.29) is 6.03 Å². The number of hydrogen-bond acceptors (Lipinski definition) is 3. The van der Waals surface area contributed by atoms with Crippen LogP contribution in [0.5, 0.6) is 5.75 Å². The van der Waals surface area contributed by atoms with Crippen LogP contribution >= 0.6 is 11.3 Å². The predicted octanol–water partition coefficient (Wildman–Crippen LogP) is 4.56. The van der Waals surface area contributed by atoms with Crippen molar-refractivity contribution in [2.75, 3.05) is 25.0 Å². The van der Waals surface area contributed by atoms with Gasteiger partial charge in [0.15, 0.2) is 0 Å². The standard InChI is InChI=1S/C18H22N2O2S/c1-2-22-16-7-5-15(6-8-16)19-18(21)20-11-9-14(10-12-20)17-4-3-13-23-17/h3-8,13-14H,2,9-12H2,1H3,(H,19,21). The fraction of sp³-hybridized carbons (Fsp3) is 0.389. The van der Waals surface area contributed by atoms with Crippen LogP contribution in [0.2, 0.25) is 0 Å². The molecule has 4 nitrogen and oxygen atoms in total. The fourth-order valence-corrected chi connectivity index (χ4v) is 3.79. The molecule has 2 heterocycles. The number of amides is 2. The first-order valence-electron chi connectivity index (χ1n) is 8.08. The molecule has 0 bridgehead atoms. The predicted molar refractivity (Wildman–Crippen MR) is 94.5 cm³/mol. The molecule has 0 saturated carbocycles. The van der Waals surface area contributed by atoms with Crippen LogP contribution in [0.3, 0.4) is 0 Å². The largest absolute Gasteiger partial charge is 0.494 e. The zero-order valence-electron chi connectivity index (χ0n) is 13.3. The molecule has 23 heavy (non-hydrogen) atoms. The van der Waals surface area contributed by atoms with Crippen LogP contribution in [-0.4, -0.2) is 30.6 Å². The Balaban J connectivity index is 1.51. The van der Waals surface area contributed by atoms with E-state index in [0.717, 1.165) is 37.4 Å². The molecule has 1 N–H and O–H groups in total. The number of hydrogen-bond donors (Lipinski definition) is 1. The number of benzene rings is 1. The molecule has 0 spiro atoms. The lowest BCUT2D eigenvalue weighted by molar-refractivity contribution is 0.195. The fourth-order valence-electron chi connectivity index (χ4n) is 2.89. The second kappa shape index (κ2) is 7.51. The van der Waals surface area contributed by atoms with Crippen molar-refractivity contribution in [2.45, 2.75) is 25.7 Å². The number of rotatable bonds is 4. The number of anilines is 1. The summed E-state index contributed by atoms with van der Waals surface area (Å²) >= 11 is 1.82. The highest BCUT2D eigenvalue weighted by Crippen LogP contribution is 2.31. The van der Waals surface area contributed by atoms with Gasteiger partial charge in [-0.25, -0.2) is 4.79 Å². The Morgan fingerprint density at radius 1 is 1.26 bits per heavy atom. The van der Waals surface area contributed by atoms with Gasteiger partial charge >= 0.3 is 6.03 Å². The van der Waals surface area contributed by atoms with Crippen molar-refractivity contribution in [1.82, 2.24) is 4.90 Å². The van der Waals surface area contributed by atoms with E-state index in [2.05, 4.69) is 22.8 Å². The average molecular weight is 330 g/mol. The van der Waals surface area contributed by atoms with Gasteiger partial charge in [-0.05, 0) is 61.4 Å². The monoisotopic (exact) mass is 330 g/mol. The lowest BCUT2D eigenvalue weighted by Gasteiger charge is -2.31. The Labute approximate surface area is 141 Å². The molecule has 0 unspecified atom stereocenters. The molecule has 1 fully saturated rings. The number of ether oxygens (including phenoxy) is 1. The van der Waals surface area contributed by atoms with Gasteiger partial charge in [-0.15, -0.1) is 11.3 Å². The average Bonchev–Trinajstić information content (AvgIpc) is 3.11. The van der Waals surface area contributed by atoms with Gasteiger partial charge in [0, 0.05) is 23.7 Å². The van der Waals surface area contributed by atoms with Gasteiger partial charge in [-0.1, -0.05) is 6.07 Å². The lowest BCUT2D eigenvalue weighted by Crippen LogP contribution is -2.40. The van der Waals surface area contributed by atoms with Crippen LogP contribution in [0.15, 0.2) is 41.8 Å². The highest BCUT2D eigenvalue weighted by atomic mass is 32.1. The Morgan fingerprint density at radius 2 is 2.00 bits per heavy atom. The minimum atomic E-state index is -0.0150. The molecule has 1 aliphatic heterocycles. The number of carbonyl (C=O) groups excluding carboxylic acids is 1. The molecular formula is C18H22N2O2S. The van der Waals surface area contributed by atoms with Gasteiger partial charge in [0.25, 0.3) is 0 Å². The first kappa shape index (κ1) is 15.9. The number of nitrogens with one attached hydrogen (secondary N) is 1. The van der Waals surface area contributed by atoms with Gasteiger partial charge in [-0.3, -0.25) is 0 Å². The van der Waals surface area contributed by atoms with Crippen molar-refractivity contribution >= 4 is 23.1 Å².